The second kappa shape index (κ2) is 7.59. The molecule has 3 aromatic rings. The van der Waals surface area contributed by atoms with E-state index in [1.165, 1.54) is 11.4 Å². The highest BCUT2D eigenvalue weighted by Gasteiger charge is 2.22. The van der Waals surface area contributed by atoms with Crippen LogP contribution in [0.2, 0.25) is 6.63 Å². The first-order chi connectivity index (χ1) is 13.6. The van der Waals surface area contributed by atoms with Gasteiger partial charge in [-0.25, -0.2) is 4.39 Å². The van der Waals surface area contributed by atoms with E-state index in [0.29, 0.717) is 35.2 Å². The second-order valence-corrected chi connectivity index (χ2v) is 6.94. The van der Waals surface area contributed by atoms with E-state index in [2.05, 4.69) is 6.07 Å². The van der Waals surface area contributed by atoms with Crippen molar-refractivity contribution in [3.63, 3.8) is 0 Å². The Morgan fingerprint density at radius 1 is 1.33 bits per heavy atom. The van der Waals surface area contributed by atoms with Gasteiger partial charge in [0.1, 0.15) is 13.6 Å². The molecule has 27 heavy (non-hydrogen) atoms. The molecular weight excluding hydrogens is 367 g/mol. The van der Waals surface area contributed by atoms with E-state index in [9.17, 15) is 9.65 Å². The first-order valence-electron chi connectivity index (χ1n) is 9.27. The molecule has 6 heteroatoms. The maximum Gasteiger partial charge on any atom is 0.194 e. The Bertz CT molecular complexity index is 1050. The topological polar surface area (TPSA) is 58.2 Å². The van der Waals surface area contributed by atoms with Crippen LogP contribution in [-0.4, -0.2) is 13.1 Å². The van der Waals surface area contributed by atoms with Crippen molar-refractivity contribution < 1.29 is 15.0 Å². The van der Waals surface area contributed by atoms with E-state index < -0.39 is 5.82 Å². The van der Waals surface area contributed by atoms with Crippen LogP contribution in [0, 0.1) is 17.1 Å². The van der Waals surface area contributed by atoms with Gasteiger partial charge in [-0.1, -0.05) is 18.2 Å². The van der Waals surface area contributed by atoms with Crippen LogP contribution in [-0.2, 0) is 6.61 Å². The minimum absolute atomic E-state index is 0.0945. The summed E-state index contributed by atoms with van der Waals surface area (Å²) in [6.07, 6.45) is 1.58. The number of nitrogens with zero attached hydrogens (tertiary/aromatic N) is 1. The molecular formula is C21H18ClFN2O2. The molecule has 4 nitrogen and oxygen atoms in total. The maximum atomic E-state index is 14.6. The van der Waals surface area contributed by atoms with Crippen molar-refractivity contribution in [1.29, 1.82) is 5.26 Å². The highest BCUT2D eigenvalue weighted by atomic mass is 35.5. The Morgan fingerprint density at radius 2 is 2.15 bits per heavy atom. The summed E-state index contributed by atoms with van der Waals surface area (Å²) >= 11 is 5.97. The SMILES string of the molecule is [2H]N1CCC(c2cccc(F)c2OCc2ccc(C#N)c3cc(Cl)oc23)CC1. The van der Waals surface area contributed by atoms with Gasteiger partial charge in [-0.2, -0.15) is 5.26 Å². The van der Waals surface area contributed by atoms with E-state index >= 15 is 0 Å². The number of benzene rings is 2. The fourth-order valence-corrected chi connectivity index (χ4v) is 3.76. The van der Waals surface area contributed by atoms with Crippen LogP contribution < -0.4 is 10.0 Å². The van der Waals surface area contributed by atoms with E-state index in [-0.39, 0.29) is 23.5 Å². The number of para-hydroxylation sites is 1. The third-order valence-electron chi connectivity index (χ3n) is 4.94. The van der Waals surface area contributed by atoms with Gasteiger partial charge in [0.15, 0.2) is 16.8 Å². The van der Waals surface area contributed by atoms with Crippen LogP contribution in [0.4, 0.5) is 4.39 Å². The molecule has 0 radical (unpaired) electrons. The molecule has 1 fully saturated rings. The predicted octanol–water partition coefficient (Wildman–Crippen LogP) is 5.14. The lowest BCUT2D eigenvalue weighted by Crippen LogP contribution is -2.27. The van der Waals surface area contributed by atoms with Crippen molar-refractivity contribution >= 4 is 22.6 Å². The molecule has 2 heterocycles. The van der Waals surface area contributed by atoms with E-state index in [1.54, 1.807) is 24.3 Å². The summed E-state index contributed by atoms with van der Waals surface area (Å²) in [5, 5.41) is 11.6. The van der Waals surface area contributed by atoms with Crippen molar-refractivity contribution in [3.05, 3.63) is 64.1 Å². The molecule has 0 unspecified atom stereocenters. The standard InChI is InChI=1S/C21H18ClFN2O2/c22-19-10-17-14(11-24)4-5-15(20(17)27-19)12-26-21-16(2-1-3-18(21)23)13-6-8-25-9-7-13/h1-5,10,13,25H,6-9,12H2/i/hD. The number of piperidine rings is 1. The fourth-order valence-electron chi connectivity index (χ4n) is 3.57. The van der Waals surface area contributed by atoms with Gasteiger partial charge < -0.3 is 14.5 Å². The quantitative estimate of drug-likeness (QED) is 0.675. The van der Waals surface area contributed by atoms with Crippen molar-refractivity contribution in [3.8, 4) is 11.8 Å². The molecule has 1 N–H and O–H groups in total. The number of hydrogen-bond acceptors (Lipinski definition) is 4. The van der Waals surface area contributed by atoms with Crippen LogP contribution in [0.25, 0.3) is 11.0 Å². The molecule has 0 spiro atoms. The third-order valence-corrected chi connectivity index (χ3v) is 5.12. The van der Waals surface area contributed by atoms with Gasteiger partial charge in [0.05, 0.1) is 11.6 Å². The van der Waals surface area contributed by atoms with Gasteiger partial charge in [0, 0.05) is 22.6 Å². The number of hydrogen-bond donors (Lipinski definition) is 1. The lowest BCUT2D eigenvalue weighted by atomic mass is 9.89. The van der Waals surface area contributed by atoms with Gasteiger partial charge >= 0.3 is 0 Å². The van der Waals surface area contributed by atoms with Gasteiger partial charge in [0.2, 0.25) is 0 Å². The third kappa shape index (κ3) is 3.51. The summed E-state index contributed by atoms with van der Waals surface area (Å²) in [6, 6.07) is 12.1. The molecule has 1 aromatic heterocycles. The summed E-state index contributed by atoms with van der Waals surface area (Å²) in [4.78, 5) is 0. The molecule has 0 amide bonds. The van der Waals surface area contributed by atoms with Crippen molar-refractivity contribution in [2.45, 2.75) is 25.4 Å². The summed E-state index contributed by atoms with van der Waals surface area (Å²) in [7, 11) is 0. The van der Waals surface area contributed by atoms with E-state index in [4.69, 9.17) is 22.2 Å². The number of nitriles is 1. The number of fused-ring (bicyclic) bond motifs is 1. The van der Waals surface area contributed by atoms with Crippen LogP contribution in [0.3, 0.4) is 0 Å². The molecule has 0 bridgehead atoms. The smallest absolute Gasteiger partial charge is 0.194 e. The van der Waals surface area contributed by atoms with Gasteiger partial charge in [0.25, 0.3) is 0 Å². The fraction of sp³-hybridized carbons (Fsp3) is 0.286. The first-order valence-corrected chi connectivity index (χ1v) is 9.20. The monoisotopic (exact) mass is 385 g/mol. The molecule has 0 aliphatic carbocycles. The molecule has 1 saturated heterocycles. The molecule has 0 saturated carbocycles. The summed E-state index contributed by atoms with van der Waals surface area (Å²) in [6.45, 7) is 1.40. The average Bonchev–Trinajstić information content (AvgIpc) is 3.09. The minimum Gasteiger partial charge on any atom is -0.485 e. The normalized spacial score (nSPS) is 16.3. The largest absolute Gasteiger partial charge is 0.485 e. The molecule has 4 rings (SSSR count). The Labute approximate surface area is 163 Å². The molecule has 2 aromatic carbocycles. The zero-order chi connectivity index (χ0) is 19.7. The number of halogens is 2. The maximum absolute atomic E-state index is 14.6. The molecule has 138 valence electrons. The zero-order valence-electron chi connectivity index (χ0n) is 15.5. The number of nitrogens with one attached hydrogen (secondary N) is 1. The lowest BCUT2D eigenvalue weighted by Gasteiger charge is -2.25. The highest BCUT2D eigenvalue weighted by Crippen LogP contribution is 2.36. The molecule has 0 atom stereocenters. The van der Waals surface area contributed by atoms with Crippen molar-refractivity contribution in [2.24, 2.45) is 0 Å². The minimum atomic E-state index is -0.409. The van der Waals surface area contributed by atoms with Crippen LogP contribution in [0.15, 0.2) is 40.8 Å². The first kappa shape index (κ1) is 16.6. The average molecular weight is 386 g/mol. The van der Waals surface area contributed by atoms with E-state index in [1.807, 2.05) is 6.07 Å². The van der Waals surface area contributed by atoms with Gasteiger partial charge in [-0.15, -0.1) is 0 Å². The Morgan fingerprint density at radius 3 is 2.93 bits per heavy atom. The van der Waals surface area contributed by atoms with Crippen LogP contribution in [0.5, 0.6) is 5.75 Å². The van der Waals surface area contributed by atoms with Crippen LogP contribution in [0.1, 0.15) is 35.4 Å². The second-order valence-electron chi connectivity index (χ2n) is 6.57. The van der Waals surface area contributed by atoms with Crippen LogP contribution >= 0.6 is 11.6 Å². The molecule has 1 aliphatic rings. The summed E-state index contributed by atoms with van der Waals surface area (Å²) in [5.74, 6) is -0.0133. The summed E-state index contributed by atoms with van der Waals surface area (Å²) < 4.78 is 33.7. The predicted molar refractivity (Wildman–Crippen MR) is 102 cm³/mol. The number of rotatable bonds is 4. The Kier molecular flexibility index (Phi) is 4.67. The zero-order valence-corrected chi connectivity index (χ0v) is 15.3. The van der Waals surface area contributed by atoms with Gasteiger partial charge in [-0.3, -0.25) is 0 Å². The summed E-state index contributed by atoms with van der Waals surface area (Å²) in [5.41, 5.74) is 2.46. The number of ether oxygens (including phenoxy) is 1. The molecule has 1 aliphatic heterocycles. The Balaban J connectivity index is 1.63. The van der Waals surface area contributed by atoms with Crippen molar-refractivity contribution in [2.75, 3.05) is 13.1 Å². The van der Waals surface area contributed by atoms with E-state index in [0.717, 1.165) is 18.4 Å². The lowest BCUT2D eigenvalue weighted by molar-refractivity contribution is 0.282. The Hall–Kier alpha value is -2.55. The number of furan rings is 1. The van der Waals surface area contributed by atoms with Crippen molar-refractivity contribution in [1.82, 2.24) is 5.31 Å². The highest BCUT2D eigenvalue weighted by molar-refractivity contribution is 6.29. The van der Waals surface area contributed by atoms with Gasteiger partial charge in [-0.05, 0) is 55.6 Å².